The van der Waals surface area contributed by atoms with Crippen LogP contribution in [-0.4, -0.2) is 48.2 Å². The van der Waals surface area contributed by atoms with Crippen LogP contribution >= 0.6 is 0 Å². The second-order valence-corrected chi connectivity index (χ2v) is 7.01. The number of anilines is 3. The largest absolute Gasteiger partial charge is 0.495 e. The summed E-state index contributed by atoms with van der Waals surface area (Å²) in [5.41, 5.74) is 2.32. The third-order valence-corrected chi connectivity index (χ3v) is 5.08. The zero-order valence-electron chi connectivity index (χ0n) is 16.9. The lowest BCUT2D eigenvalue weighted by Gasteiger charge is -2.37. The van der Waals surface area contributed by atoms with E-state index in [0.29, 0.717) is 6.54 Å². The molecule has 1 fully saturated rings. The van der Waals surface area contributed by atoms with E-state index in [1.165, 1.54) is 5.56 Å². The van der Waals surface area contributed by atoms with Gasteiger partial charge in [0.2, 0.25) is 0 Å². The third kappa shape index (κ3) is 4.56. The highest BCUT2D eigenvalue weighted by atomic mass is 16.5. The van der Waals surface area contributed by atoms with Gasteiger partial charge < -0.3 is 19.9 Å². The maximum atomic E-state index is 5.52. The molecule has 1 aromatic carbocycles. The molecule has 0 unspecified atom stereocenters. The van der Waals surface area contributed by atoms with Crippen LogP contribution < -0.4 is 19.9 Å². The van der Waals surface area contributed by atoms with Crippen LogP contribution in [0.3, 0.4) is 0 Å². The molecule has 29 heavy (non-hydrogen) atoms. The van der Waals surface area contributed by atoms with Gasteiger partial charge in [0.25, 0.3) is 0 Å². The third-order valence-electron chi connectivity index (χ3n) is 5.08. The number of para-hydroxylation sites is 2. The lowest BCUT2D eigenvalue weighted by Crippen LogP contribution is -2.47. The van der Waals surface area contributed by atoms with Gasteiger partial charge >= 0.3 is 0 Å². The highest BCUT2D eigenvalue weighted by molar-refractivity contribution is 5.60. The fourth-order valence-corrected chi connectivity index (χ4v) is 3.57. The number of hydrogen-bond donors (Lipinski definition) is 1. The Bertz CT molecular complexity index is 941. The minimum atomic E-state index is 0.708. The van der Waals surface area contributed by atoms with Crippen molar-refractivity contribution in [1.29, 1.82) is 0 Å². The van der Waals surface area contributed by atoms with E-state index in [1.54, 1.807) is 19.5 Å². The molecule has 0 spiro atoms. The molecule has 7 nitrogen and oxygen atoms in total. The van der Waals surface area contributed by atoms with Crippen LogP contribution in [0.15, 0.2) is 54.9 Å². The standard InChI is InChI=1S/C22H26N6O/c1-17-25-21(24-16-18-7-9-23-10-8-18)15-22(26-17)28-13-11-27(12-14-28)19-5-3-4-6-20(19)29-2/h3-10,15H,11-14,16H2,1-2H3,(H,24,25,26). The van der Waals surface area contributed by atoms with Gasteiger partial charge in [0.05, 0.1) is 12.8 Å². The molecule has 1 saturated heterocycles. The van der Waals surface area contributed by atoms with E-state index in [2.05, 4.69) is 42.2 Å². The zero-order chi connectivity index (χ0) is 20.1. The molecular weight excluding hydrogens is 364 g/mol. The van der Waals surface area contributed by atoms with Crippen LogP contribution in [0.4, 0.5) is 17.3 Å². The van der Waals surface area contributed by atoms with E-state index in [-0.39, 0.29) is 0 Å². The Kier molecular flexibility index (Phi) is 5.74. The van der Waals surface area contributed by atoms with E-state index in [9.17, 15) is 0 Å². The molecule has 3 heterocycles. The number of hydrogen-bond acceptors (Lipinski definition) is 7. The topological polar surface area (TPSA) is 66.4 Å². The predicted molar refractivity (Wildman–Crippen MR) is 116 cm³/mol. The number of methoxy groups -OCH3 is 1. The number of rotatable bonds is 6. The van der Waals surface area contributed by atoms with Crippen LogP contribution in [-0.2, 0) is 6.54 Å². The summed E-state index contributed by atoms with van der Waals surface area (Å²) >= 11 is 0. The number of piperazine rings is 1. The molecule has 3 aromatic rings. The van der Waals surface area contributed by atoms with Gasteiger partial charge in [-0.25, -0.2) is 9.97 Å². The Morgan fingerprint density at radius 1 is 0.966 bits per heavy atom. The molecule has 0 aliphatic carbocycles. The number of aryl methyl sites for hydroxylation is 1. The van der Waals surface area contributed by atoms with Gasteiger partial charge in [0.1, 0.15) is 23.2 Å². The second-order valence-electron chi connectivity index (χ2n) is 7.01. The molecule has 1 aliphatic heterocycles. The van der Waals surface area contributed by atoms with Crippen molar-refractivity contribution in [3.63, 3.8) is 0 Å². The van der Waals surface area contributed by atoms with Crippen molar-refractivity contribution < 1.29 is 4.74 Å². The molecule has 150 valence electrons. The Morgan fingerprint density at radius 3 is 2.45 bits per heavy atom. The molecule has 1 aliphatic rings. The molecule has 2 aromatic heterocycles. The van der Waals surface area contributed by atoms with E-state index in [1.807, 2.05) is 37.3 Å². The van der Waals surface area contributed by atoms with Crippen LogP contribution in [0.5, 0.6) is 5.75 Å². The summed E-state index contributed by atoms with van der Waals surface area (Å²) < 4.78 is 5.52. The number of nitrogens with zero attached hydrogens (tertiary/aromatic N) is 5. The van der Waals surface area contributed by atoms with Crippen molar-refractivity contribution in [3.05, 3.63) is 66.2 Å². The number of benzene rings is 1. The van der Waals surface area contributed by atoms with E-state index in [4.69, 9.17) is 4.74 Å². The quantitative estimate of drug-likeness (QED) is 0.694. The smallest absolute Gasteiger partial charge is 0.142 e. The summed E-state index contributed by atoms with van der Waals surface area (Å²) in [6, 6.07) is 14.2. The zero-order valence-corrected chi connectivity index (χ0v) is 16.9. The minimum Gasteiger partial charge on any atom is -0.495 e. The van der Waals surface area contributed by atoms with Gasteiger partial charge in [-0.3, -0.25) is 4.98 Å². The van der Waals surface area contributed by atoms with Gasteiger partial charge in [-0.05, 0) is 36.8 Å². The van der Waals surface area contributed by atoms with Crippen molar-refractivity contribution in [2.24, 2.45) is 0 Å². The molecule has 0 saturated carbocycles. The van der Waals surface area contributed by atoms with Crippen LogP contribution in [0, 0.1) is 6.92 Å². The normalized spacial score (nSPS) is 14.0. The highest BCUT2D eigenvalue weighted by Gasteiger charge is 2.21. The summed E-state index contributed by atoms with van der Waals surface area (Å²) in [5.74, 6) is 3.50. The molecule has 0 bridgehead atoms. The summed E-state index contributed by atoms with van der Waals surface area (Å²) in [6.07, 6.45) is 3.60. The minimum absolute atomic E-state index is 0.708. The first-order valence-electron chi connectivity index (χ1n) is 9.84. The molecule has 1 N–H and O–H groups in total. The van der Waals surface area contributed by atoms with Crippen molar-refractivity contribution in [3.8, 4) is 5.75 Å². The van der Waals surface area contributed by atoms with Gasteiger partial charge in [-0.1, -0.05) is 12.1 Å². The number of ether oxygens (including phenoxy) is 1. The molecule has 0 atom stereocenters. The summed E-state index contributed by atoms with van der Waals surface area (Å²) in [4.78, 5) is 17.9. The highest BCUT2D eigenvalue weighted by Crippen LogP contribution is 2.29. The van der Waals surface area contributed by atoms with Crippen molar-refractivity contribution in [2.45, 2.75) is 13.5 Å². The first-order chi connectivity index (χ1) is 14.2. The Morgan fingerprint density at radius 2 is 1.69 bits per heavy atom. The number of nitrogens with one attached hydrogen (secondary N) is 1. The first-order valence-corrected chi connectivity index (χ1v) is 9.84. The average Bonchev–Trinajstić information content (AvgIpc) is 2.78. The van der Waals surface area contributed by atoms with E-state index >= 15 is 0 Å². The summed E-state index contributed by atoms with van der Waals surface area (Å²) in [7, 11) is 1.72. The molecule has 0 amide bonds. The van der Waals surface area contributed by atoms with Gasteiger partial charge in [-0.15, -0.1) is 0 Å². The van der Waals surface area contributed by atoms with Gasteiger partial charge in [0, 0.05) is 51.2 Å². The fourth-order valence-electron chi connectivity index (χ4n) is 3.57. The summed E-state index contributed by atoms with van der Waals surface area (Å²) in [5, 5.41) is 3.40. The van der Waals surface area contributed by atoms with Gasteiger partial charge in [0.15, 0.2) is 0 Å². The summed E-state index contributed by atoms with van der Waals surface area (Å²) in [6.45, 7) is 6.29. The van der Waals surface area contributed by atoms with Crippen LogP contribution in [0.1, 0.15) is 11.4 Å². The van der Waals surface area contributed by atoms with Crippen molar-refractivity contribution >= 4 is 17.3 Å². The molecule has 4 rings (SSSR count). The maximum Gasteiger partial charge on any atom is 0.142 e. The van der Waals surface area contributed by atoms with E-state index in [0.717, 1.165) is 55.1 Å². The Balaban J connectivity index is 1.42. The van der Waals surface area contributed by atoms with Crippen LogP contribution in [0.2, 0.25) is 0 Å². The average molecular weight is 390 g/mol. The van der Waals surface area contributed by atoms with Crippen molar-refractivity contribution in [1.82, 2.24) is 15.0 Å². The van der Waals surface area contributed by atoms with Crippen LogP contribution in [0.25, 0.3) is 0 Å². The Hall–Kier alpha value is -3.35. The Labute approximate surface area is 171 Å². The fraction of sp³-hybridized carbons (Fsp3) is 0.318. The molecule has 0 radical (unpaired) electrons. The first kappa shape index (κ1) is 19.0. The van der Waals surface area contributed by atoms with E-state index < -0.39 is 0 Å². The number of pyridine rings is 1. The monoisotopic (exact) mass is 390 g/mol. The SMILES string of the molecule is COc1ccccc1N1CCN(c2cc(NCc3ccncc3)nc(C)n2)CC1. The predicted octanol–water partition coefficient (Wildman–Crippen LogP) is 3.13. The second kappa shape index (κ2) is 8.77. The van der Waals surface area contributed by atoms with Crippen molar-refractivity contribution in [2.75, 3.05) is 48.4 Å². The number of aromatic nitrogens is 3. The van der Waals surface area contributed by atoms with Gasteiger partial charge in [-0.2, -0.15) is 0 Å². The lowest BCUT2D eigenvalue weighted by atomic mass is 10.2. The molecule has 7 heteroatoms. The lowest BCUT2D eigenvalue weighted by molar-refractivity contribution is 0.413. The maximum absolute atomic E-state index is 5.52. The molecular formula is C22H26N6O.